The Kier molecular flexibility index (Phi) is 5.73. The van der Waals surface area contributed by atoms with Crippen molar-refractivity contribution < 1.29 is 26.7 Å². The molecule has 1 aliphatic heterocycles. The Bertz CT molecular complexity index is 603. The van der Waals surface area contributed by atoms with E-state index in [0.717, 1.165) is 11.7 Å². The number of anilines is 2. The Morgan fingerprint density at radius 1 is 1.40 bits per heavy atom. The van der Waals surface area contributed by atoms with E-state index >= 15 is 0 Å². The first kappa shape index (κ1) is 19.3. The molecule has 25 heavy (non-hydrogen) atoms. The summed E-state index contributed by atoms with van der Waals surface area (Å²) in [5.41, 5.74) is 6.05. The third-order valence-electron chi connectivity index (χ3n) is 4.26. The summed E-state index contributed by atoms with van der Waals surface area (Å²) in [6.45, 7) is 0.113. The van der Waals surface area contributed by atoms with Gasteiger partial charge in [0.05, 0.1) is 11.9 Å². The fraction of sp³-hybridized carbons (Fsp3) is 0.714. The second kappa shape index (κ2) is 7.44. The monoisotopic (exact) mass is 369 g/mol. The van der Waals surface area contributed by atoms with E-state index in [4.69, 9.17) is 5.73 Å². The topological polar surface area (TPSA) is 67.4 Å². The molecule has 0 aromatic carbocycles. The van der Waals surface area contributed by atoms with Gasteiger partial charge in [-0.15, -0.1) is 0 Å². The molecular weight excluding hydrogens is 349 g/mol. The van der Waals surface area contributed by atoms with Crippen LogP contribution < -0.4 is 10.6 Å². The van der Waals surface area contributed by atoms with Crippen molar-refractivity contribution in [1.82, 2.24) is 14.7 Å². The van der Waals surface area contributed by atoms with Gasteiger partial charge in [-0.1, -0.05) is 0 Å². The van der Waals surface area contributed by atoms with E-state index in [1.165, 1.54) is 6.20 Å². The first-order valence-corrected chi connectivity index (χ1v) is 7.79. The Morgan fingerprint density at radius 3 is 2.68 bits per heavy atom. The van der Waals surface area contributed by atoms with Gasteiger partial charge >= 0.3 is 12.1 Å². The normalized spacial score (nSPS) is 19.2. The smallest absolute Gasteiger partial charge is 0.394 e. The summed E-state index contributed by atoms with van der Waals surface area (Å²) in [5.74, 6) is -1.54. The Morgan fingerprint density at radius 2 is 2.08 bits per heavy atom. The van der Waals surface area contributed by atoms with Crippen molar-refractivity contribution in [2.24, 2.45) is 0 Å². The Labute approximate surface area is 141 Å². The summed E-state index contributed by atoms with van der Waals surface area (Å²) in [6, 6.07) is -0.577. The van der Waals surface area contributed by atoms with Crippen molar-refractivity contribution in [2.75, 3.05) is 30.8 Å². The average Bonchev–Trinajstić information content (AvgIpc) is 2.73. The molecule has 1 amide bonds. The van der Waals surface area contributed by atoms with Crippen LogP contribution in [0.4, 0.5) is 33.5 Å². The number of alkyl halides is 5. The van der Waals surface area contributed by atoms with Crippen LogP contribution in [-0.4, -0.2) is 59.4 Å². The molecule has 1 fully saturated rings. The number of carbonyl (C=O) groups excluding carboxylic acids is 1. The number of hydrogen-bond acceptors (Lipinski definition) is 4. The van der Waals surface area contributed by atoms with Crippen molar-refractivity contribution in [3.05, 3.63) is 6.20 Å². The maximum Gasteiger partial charge on any atom is 0.471 e. The first-order valence-electron chi connectivity index (χ1n) is 7.79. The molecule has 0 aliphatic carbocycles. The zero-order valence-electron chi connectivity index (χ0n) is 13.6. The van der Waals surface area contributed by atoms with E-state index in [2.05, 4.69) is 5.10 Å². The molecule has 0 bridgehead atoms. The maximum absolute atomic E-state index is 12.7. The lowest BCUT2D eigenvalue weighted by atomic mass is 10.1. The van der Waals surface area contributed by atoms with E-state index in [1.54, 1.807) is 4.90 Å². The maximum atomic E-state index is 12.7. The van der Waals surface area contributed by atoms with E-state index < -0.39 is 31.1 Å². The highest BCUT2D eigenvalue weighted by Crippen LogP contribution is 2.28. The molecule has 6 nitrogen and oxygen atoms in total. The van der Waals surface area contributed by atoms with Gasteiger partial charge in [0, 0.05) is 26.2 Å². The molecule has 1 aromatic heterocycles. The minimum Gasteiger partial charge on any atom is -0.394 e. The van der Waals surface area contributed by atoms with Gasteiger partial charge in [0.15, 0.2) is 5.82 Å². The van der Waals surface area contributed by atoms with Crippen LogP contribution in [0, 0.1) is 0 Å². The number of aromatic nitrogens is 2. The zero-order chi connectivity index (χ0) is 18.8. The van der Waals surface area contributed by atoms with Crippen LogP contribution in [0.25, 0.3) is 0 Å². The van der Waals surface area contributed by atoms with Crippen LogP contribution in [0.3, 0.4) is 0 Å². The van der Waals surface area contributed by atoms with E-state index in [1.807, 2.05) is 0 Å². The number of halogens is 5. The first-order chi connectivity index (χ1) is 11.6. The molecule has 0 unspecified atom stereocenters. The molecule has 2 heterocycles. The lowest BCUT2D eigenvalue weighted by Crippen LogP contribution is -2.45. The van der Waals surface area contributed by atoms with Crippen LogP contribution in [0.1, 0.15) is 19.3 Å². The second-order valence-corrected chi connectivity index (χ2v) is 5.98. The molecule has 1 aromatic rings. The highest BCUT2D eigenvalue weighted by molar-refractivity contribution is 5.81. The van der Waals surface area contributed by atoms with Crippen molar-refractivity contribution >= 4 is 17.4 Å². The van der Waals surface area contributed by atoms with Gasteiger partial charge in [-0.25, -0.2) is 13.5 Å². The van der Waals surface area contributed by atoms with E-state index in [0.29, 0.717) is 36.6 Å². The lowest BCUT2D eigenvalue weighted by molar-refractivity contribution is -0.186. The number of carbonyl (C=O) groups is 1. The molecule has 0 radical (unpaired) electrons. The number of hydrogen-bond donors (Lipinski definition) is 1. The van der Waals surface area contributed by atoms with Gasteiger partial charge in [-0.05, 0) is 19.3 Å². The number of nitrogen functional groups attached to an aromatic ring is 1. The third-order valence-corrected chi connectivity index (χ3v) is 4.26. The summed E-state index contributed by atoms with van der Waals surface area (Å²) in [4.78, 5) is 13.8. The summed E-state index contributed by atoms with van der Waals surface area (Å²) in [6.07, 6.45) is -5.08. The number of nitrogens with zero attached hydrogens (tertiary/aromatic N) is 4. The fourth-order valence-corrected chi connectivity index (χ4v) is 3.05. The summed E-state index contributed by atoms with van der Waals surface area (Å²) in [7, 11) is 1.13. The third kappa shape index (κ3) is 4.51. The zero-order valence-corrected chi connectivity index (χ0v) is 13.6. The highest BCUT2D eigenvalue weighted by Gasteiger charge is 2.43. The Balaban J connectivity index is 2.10. The van der Waals surface area contributed by atoms with Gasteiger partial charge in [0.25, 0.3) is 6.43 Å². The van der Waals surface area contributed by atoms with Crippen molar-refractivity contribution in [3.63, 3.8) is 0 Å². The van der Waals surface area contributed by atoms with Crippen LogP contribution in [0.5, 0.6) is 0 Å². The summed E-state index contributed by atoms with van der Waals surface area (Å²) in [5, 5.41) is 3.83. The van der Waals surface area contributed by atoms with Crippen molar-refractivity contribution in [1.29, 1.82) is 0 Å². The minimum absolute atomic E-state index is 0.235. The predicted octanol–water partition coefficient (Wildman–Crippen LogP) is 2.11. The molecule has 1 saturated heterocycles. The van der Waals surface area contributed by atoms with Crippen LogP contribution in [0.15, 0.2) is 6.20 Å². The molecule has 0 saturated carbocycles. The predicted molar refractivity (Wildman–Crippen MR) is 81.3 cm³/mol. The fourth-order valence-electron chi connectivity index (χ4n) is 3.05. The minimum atomic E-state index is -4.92. The van der Waals surface area contributed by atoms with Gasteiger partial charge in [-0.2, -0.15) is 18.3 Å². The van der Waals surface area contributed by atoms with Crippen molar-refractivity contribution in [3.8, 4) is 0 Å². The van der Waals surface area contributed by atoms with Crippen LogP contribution >= 0.6 is 0 Å². The molecule has 142 valence electrons. The number of amides is 1. The largest absolute Gasteiger partial charge is 0.471 e. The van der Waals surface area contributed by atoms with Gasteiger partial charge < -0.3 is 15.5 Å². The van der Waals surface area contributed by atoms with Crippen LogP contribution in [0.2, 0.25) is 0 Å². The van der Waals surface area contributed by atoms with Crippen molar-refractivity contribution in [2.45, 2.75) is 44.5 Å². The lowest BCUT2D eigenvalue weighted by Gasteiger charge is -2.28. The molecule has 2 rings (SSSR count). The van der Waals surface area contributed by atoms with Gasteiger partial charge in [0.2, 0.25) is 0 Å². The highest BCUT2D eigenvalue weighted by atomic mass is 19.4. The molecule has 11 heteroatoms. The van der Waals surface area contributed by atoms with E-state index in [9.17, 15) is 26.7 Å². The molecule has 1 atom stereocenters. The molecule has 0 spiro atoms. The molecule has 2 N–H and O–H groups in total. The quantitative estimate of drug-likeness (QED) is 0.826. The Hall–Kier alpha value is -2.07. The van der Waals surface area contributed by atoms with Gasteiger partial charge in [0.1, 0.15) is 6.54 Å². The molecule has 1 aliphatic rings. The average molecular weight is 369 g/mol. The van der Waals surface area contributed by atoms with Gasteiger partial charge in [-0.3, -0.25) is 4.79 Å². The second-order valence-electron chi connectivity index (χ2n) is 5.98. The van der Waals surface area contributed by atoms with Crippen LogP contribution in [-0.2, 0) is 11.3 Å². The molecular formula is C14H20F5N5O. The number of rotatable bonds is 4. The SMILES string of the molecule is CN(C(=O)C(F)(F)F)[C@H]1CCCN(c2c(N)cnn2CC(F)F)CC1. The summed E-state index contributed by atoms with van der Waals surface area (Å²) >= 11 is 0. The summed E-state index contributed by atoms with van der Waals surface area (Å²) < 4.78 is 64.2. The van der Waals surface area contributed by atoms with E-state index in [-0.39, 0.29) is 12.1 Å². The number of nitrogens with two attached hydrogens (primary N) is 1. The standard InChI is InChI=1S/C14H20F5N5O/c1-22(13(25)14(17,18)19)9-3-2-5-23(6-4-9)12-10(20)7-21-24(12)8-11(15)16/h7,9,11H,2-6,8,20H2,1H3/t9-/m0/s1.